The van der Waals surface area contributed by atoms with Crippen molar-refractivity contribution in [1.82, 2.24) is 10.7 Å². The quantitative estimate of drug-likeness (QED) is 0.148. The molecule has 0 saturated heterocycles. The molecule has 2 N–H and O–H groups in total. The van der Waals surface area contributed by atoms with Gasteiger partial charge in [-0.05, 0) is 30.3 Å². The van der Waals surface area contributed by atoms with E-state index in [1.807, 2.05) is 24.3 Å². The van der Waals surface area contributed by atoms with Crippen LogP contribution in [0.1, 0.15) is 25.6 Å². The van der Waals surface area contributed by atoms with Gasteiger partial charge in [0.2, 0.25) is 0 Å². The molecule has 0 spiro atoms. The van der Waals surface area contributed by atoms with Crippen molar-refractivity contribution in [1.29, 1.82) is 0 Å². The van der Waals surface area contributed by atoms with Gasteiger partial charge in [-0.25, -0.2) is 10.2 Å². The maximum absolute atomic E-state index is 12.8. The molecule has 0 radical (unpaired) electrons. The smallest absolute Gasteiger partial charge is 0.355 e. The number of hydrogen-bond acceptors (Lipinski definition) is 6. The number of para-hydroxylation sites is 1. The fraction of sp³-hybridized carbons (Fsp3) is 0.0400. The van der Waals surface area contributed by atoms with Crippen LogP contribution in [0.2, 0.25) is 10.0 Å². The second kappa shape index (κ2) is 11.1. The van der Waals surface area contributed by atoms with E-state index >= 15 is 0 Å². The number of benzene rings is 3. The standard InChI is InChI=1S/C25H17Cl2N3O4S/c26-18-10-4-2-8-16(18)24(32)28-14-21(31)30-29-13-15-7-1-5-11-19(15)34-25(33)23-22(27)17-9-3-6-12-20(17)35-23/h1-13H,14H2,(H,28,32)(H,30,31)/b29-13+. The van der Waals surface area contributed by atoms with Crippen LogP contribution in [0.3, 0.4) is 0 Å². The van der Waals surface area contributed by atoms with E-state index in [1.165, 1.54) is 17.6 Å². The van der Waals surface area contributed by atoms with E-state index in [0.29, 0.717) is 15.5 Å². The Kier molecular flexibility index (Phi) is 7.77. The first kappa shape index (κ1) is 24.4. The number of hydrogen-bond donors (Lipinski definition) is 2. The molecule has 1 aromatic heterocycles. The zero-order chi connectivity index (χ0) is 24.8. The number of nitrogens with one attached hydrogen (secondary N) is 2. The summed E-state index contributed by atoms with van der Waals surface area (Å²) in [6.07, 6.45) is 1.34. The maximum Gasteiger partial charge on any atom is 0.355 e. The number of nitrogens with zero attached hydrogens (tertiary/aromatic N) is 1. The first-order chi connectivity index (χ1) is 16.9. The first-order valence-corrected chi connectivity index (χ1v) is 11.8. The predicted octanol–water partition coefficient (Wildman–Crippen LogP) is 5.31. The van der Waals surface area contributed by atoms with Crippen LogP contribution in [-0.4, -0.2) is 30.5 Å². The van der Waals surface area contributed by atoms with E-state index in [4.69, 9.17) is 27.9 Å². The minimum atomic E-state index is -0.594. The van der Waals surface area contributed by atoms with Gasteiger partial charge in [-0.15, -0.1) is 11.3 Å². The van der Waals surface area contributed by atoms with Crippen LogP contribution >= 0.6 is 34.5 Å². The molecule has 1 heterocycles. The molecular weight excluding hydrogens is 509 g/mol. The van der Waals surface area contributed by atoms with Gasteiger partial charge in [0.25, 0.3) is 11.8 Å². The molecule has 0 unspecified atom stereocenters. The van der Waals surface area contributed by atoms with E-state index in [9.17, 15) is 14.4 Å². The normalized spacial score (nSPS) is 10.9. The van der Waals surface area contributed by atoms with Crippen molar-refractivity contribution in [2.75, 3.05) is 6.54 Å². The third-order valence-corrected chi connectivity index (χ3v) is 6.75. The van der Waals surface area contributed by atoms with Crippen LogP contribution in [0.5, 0.6) is 5.75 Å². The summed E-state index contributed by atoms with van der Waals surface area (Å²) < 4.78 is 6.43. The van der Waals surface area contributed by atoms with E-state index in [1.54, 1.807) is 48.5 Å². The van der Waals surface area contributed by atoms with Crippen molar-refractivity contribution >= 4 is 68.6 Å². The Labute approximate surface area is 214 Å². The summed E-state index contributed by atoms with van der Waals surface area (Å²) in [6, 6.07) is 20.6. The summed E-state index contributed by atoms with van der Waals surface area (Å²) in [5.41, 5.74) is 3.04. The Morgan fingerprint density at radius 3 is 2.46 bits per heavy atom. The molecule has 7 nitrogen and oxygen atoms in total. The highest BCUT2D eigenvalue weighted by Gasteiger charge is 2.19. The van der Waals surface area contributed by atoms with Crippen molar-refractivity contribution < 1.29 is 19.1 Å². The van der Waals surface area contributed by atoms with E-state index in [2.05, 4.69) is 15.8 Å². The van der Waals surface area contributed by atoms with Crippen LogP contribution in [0.4, 0.5) is 0 Å². The second-order valence-electron chi connectivity index (χ2n) is 7.12. The zero-order valence-corrected chi connectivity index (χ0v) is 20.3. The summed E-state index contributed by atoms with van der Waals surface area (Å²) in [5.74, 6) is -1.38. The number of thiophene rings is 1. The number of esters is 1. The van der Waals surface area contributed by atoms with Gasteiger partial charge >= 0.3 is 5.97 Å². The van der Waals surface area contributed by atoms with Crippen LogP contribution in [-0.2, 0) is 4.79 Å². The third-order valence-electron chi connectivity index (χ3n) is 4.76. The fourth-order valence-electron chi connectivity index (χ4n) is 3.09. The van der Waals surface area contributed by atoms with Gasteiger partial charge in [0.1, 0.15) is 10.6 Å². The van der Waals surface area contributed by atoms with Gasteiger partial charge in [0, 0.05) is 15.6 Å². The molecule has 0 bridgehead atoms. The Hall–Kier alpha value is -3.72. The van der Waals surface area contributed by atoms with Crippen LogP contribution < -0.4 is 15.5 Å². The van der Waals surface area contributed by atoms with Gasteiger partial charge in [0.05, 0.1) is 28.4 Å². The zero-order valence-electron chi connectivity index (χ0n) is 18.0. The molecule has 4 rings (SSSR count). The number of halogens is 2. The second-order valence-corrected chi connectivity index (χ2v) is 8.96. The number of amides is 2. The summed E-state index contributed by atoms with van der Waals surface area (Å²) >= 11 is 13.6. The molecule has 0 saturated carbocycles. The summed E-state index contributed by atoms with van der Waals surface area (Å²) in [5, 5.41) is 7.76. The molecule has 0 fully saturated rings. The van der Waals surface area contributed by atoms with Gasteiger partial charge in [0.15, 0.2) is 0 Å². The van der Waals surface area contributed by atoms with E-state index < -0.39 is 17.8 Å². The molecule has 4 aromatic rings. The van der Waals surface area contributed by atoms with Crippen molar-refractivity contribution in [2.24, 2.45) is 5.10 Å². The molecule has 2 amide bonds. The van der Waals surface area contributed by atoms with Gasteiger partial charge in [-0.1, -0.05) is 65.7 Å². The number of ether oxygens (including phenoxy) is 1. The molecule has 10 heteroatoms. The van der Waals surface area contributed by atoms with Gasteiger partial charge in [-0.3, -0.25) is 9.59 Å². The van der Waals surface area contributed by atoms with Crippen molar-refractivity contribution in [2.45, 2.75) is 0 Å². The molecule has 0 atom stereocenters. The van der Waals surface area contributed by atoms with Gasteiger partial charge < -0.3 is 10.1 Å². The predicted molar refractivity (Wildman–Crippen MR) is 138 cm³/mol. The lowest BCUT2D eigenvalue weighted by Gasteiger charge is -2.07. The highest BCUT2D eigenvalue weighted by Crippen LogP contribution is 2.36. The van der Waals surface area contributed by atoms with Crippen LogP contribution in [0, 0.1) is 0 Å². The Morgan fingerprint density at radius 1 is 0.943 bits per heavy atom. The third kappa shape index (κ3) is 5.86. The van der Waals surface area contributed by atoms with Crippen LogP contribution in [0.25, 0.3) is 10.1 Å². The first-order valence-electron chi connectivity index (χ1n) is 10.3. The lowest BCUT2D eigenvalue weighted by Crippen LogP contribution is -2.35. The Bertz CT molecular complexity index is 1450. The number of rotatable bonds is 7. The highest BCUT2D eigenvalue weighted by atomic mass is 35.5. The van der Waals surface area contributed by atoms with Crippen molar-refractivity contribution in [3.05, 3.63) is 98.8 Å². The van der Waals surface area contributed by atoms with Crippen LogP contribution in [0.15, 0.2) is 77.9 Å². The van der Waals surface area contributed by atoms with Gasteiger partial charge in [-0.2, -0.15) is 5.10 Å². The molecule has 35 heavy (non-hydrogen) atoms. The summed E-state index contributed by atoms with van der Waals surface area (Å²) in [7, 11) is 0. The Balaban J connectivity index is 1.37. The molecule has 176 valence electrons. The number of fused-ring (bicyclic) bond motifs is 1. The fourth-order valence-corrected chi connectivity index (χ4v) is 4.69. The molecule has 3 aromatic carbocycles. The minimum absolute atomic E-state index is 0.246. The number of carbonyl (C=O) groups is 3. The van der Waals surface area contributed by atoms with E-state index in [-0.39, 0.29) is 22.9 Å². The monoisotopic (exact) mass is 525 g/mol. The average Bonchev–Trinajstić information content (AvgIpc) is 3.20. The minimum Gasteiger partial charge on any atom is -0.422 e. The number of hydrazone groups is 1. The summed E-state index contributed by atoms with van der Waals surface area (Å²) in [4.78, 5) is 37.3. The lowest BCUT2D eigenvalue weighted by atomic mass is 10.2. The highest BCUT2D eigenvalue weighted by molar-refractivity contribution is 7.21. The molecule has 0 aliphatic carbocycles. The largest absolute Gasteiger partial charge is 0.422 e. The number of carbonyl (C=O) groups excluding carboxylic acids is 3. The topological polar surface area (TPSA) is 96.9 Å². The molecular formula is C25H17Cl2N3O4S. The molecule has 0 aliphatic heterocycles. The lowest BCUT2D eigenvalue weighted by molar-refractivity contribution is -0.120. The average molecular weight is 526 g/mol. The van der Waals surface area contributed by atoms with E-state index in [0.717, 1.165) is 10.1 Å². The van der Waals surface area contributed by atoms with Crippen molar-refractivity contribution in [3.63, 3.8) is 0 Å². The summed E-state index contributed by atoms with van der Waals surface area (Å²) in [6.45, 7) is -0.303. The Morgan fingerprint density at radius 2 is 1.66 bits per heavy atom. The molecule has 0 aliphatic rings. The SMILES string of the molecule is O=C(CNC(=O)c1ccccc1Cl)N/N=C/c1ccccc1OC(=O)c1sc2ccccc2c1Cl. The maximum atomic E-state index is 12.8. The van der Waals surface area contributed by atoms with Crippen molar-refractivity contribution in [3.8, 4) is 5.75 Å².